The molecule has 0 aromatic carbocycles. The van der Waals surface area contributed by atoms with E-state index in [4.69, 9.17) is 19.7 Å². The molecular weight excluding hydrogens is 378 g/mol. The van der Waals surface area contributed by atoms with Gasteiger partial charge in [-0.2, -0.15) is 0 Å². The molecule has 5 nitrogen and oxygen atoms in total. The van der Waals surface area contributed by atoms with Gasteiger partial charge in [0.05, 0.1) is 0 Å². The Labute approximate surface area is 187 Å². The van der Waals surface area contributed by atoms with E-state index in [0.29, 0.717) is 0 Å². The number of carbonyl (C=O) groups is 1. The van der Waals surface area contributed by atoms with E-state index in [1.54, 1.807) is 0 Å². The quantitative estimate of drug-likeness (QED) is 0.197. The fourth-order valence-electron chi connectivity index (χ4n) is 3.34. The van der Waals surface area contributed by atoms with Gasteiger partial charge in [-0.15, -0.1) is 0 Å². The largest absolute Gasteiger partial charge is 0.480 e. The summed E-state index contributed by atoms with van der Waals surface area (Å²) in [5.41, 5.74) is 0. The Morgan fingerprint density at radius 2 is 1.00 bits per heavy atom. The first kappa shape index (κ1) is 31.5. The molecular formula is C25H53NO4. The van der Waals surface area contributed by atoms with Crippen LogP contribution in [0.25, 0.3) is 0 Å². The number of hydrogen-bond donors (Lipinski definition) is 2. The van der Waals surface area contributed by atoms with Gasteiger partial charge in [0.15, 0.2) is 0 Å². The standard InChI is InChI=1S/C23H49NO.C2H4O3/c1-4-5-6-7-8-9-10-11-12-13-14-15-16-17-18-19-22-25-23-20-21-24(2)3;3-1-2(4)5/h4-23H2,1-3H3;3H,1H2,(H,4,5). The van der Waals surface area contributed by atoms with Crippen molar-refractivity contribution in [3.05, 3.63) is 0 Å². The van der Waals surface area contributed by atoms with E-state index < -0.39 is 12.6 Å². The lowest BCUT2D eigenvalue weighted by molar-refractivity contribution is -0.140. The highest BCUT2D eigenvalue weighted by Crippen LogP contribution is 2.13. The molecule has 0 saturated carbocycles. The third kappa shape index (κ3) is 34.8. The Balaban J connectivity index is 0. The van der Waals surface area contributed by atoms with E-state index in [-0.39, 0.29) is 0 Å². The number of rotatable bonds is 22. The zero-order valence-corrected chi connectivity index (χ0v) is 20.5. The number of carboxylic acids is 1. The van der Waals surface area contributed by atoms with Crippen molar-refractivity contribution in [3.63, 3.8) is 0 Å². The van der Waals surface area contributed by atoms with Crippen molar-refractivity contribution >= 4 is 5.97 Å². The number of carboxylic acid groups (broad SMARTS) is 1. The van der Waals surface area contributed by atoms with Gasteiger partial charge in [0.1, 0.15) is 6.61 Å². The molecule has 0 aromatic heterocycles. The molecule has 5 heteroatoms. The molecule has 0 bridgehead atoms. The lowest BCUT2D eigenvalue weighted by Crippen LogP contribution is -2.14. The highest BCUT2D eigenvalue weighted by Gasteiger charge is 1.95. The summed E-state index contributed by atoms with van der Waals surface area (Å²) in [6.07, 6.45) is 24.0. The van der Waals surface area contributed by atoms with E-state index in [1.165, 1.54) is 103 Å². The number of aliphatic carboxylic acids is 1. The van der Waals surface area contributed by atoms with Gasteiger partial charge in [0.25, 0.3) is 0 Å². The van der Waals surface area contributed by atoms with Crippen LogP contribution in [-0.2, 0) is 9.53 Å². The number of aliphatic hydroxyl groups excluding tert-OH is 1. The minimum absolute atomic E-state index is 0.778. The van der Waals surface area contributed by atoms with Gasteiger partial charge in [-0.1, -0.05) is 103 Å². The van der Waals surface area contributed by atoms with Crippen LogP contribution < -0.4 is 0 Å². The highest BCUT2D eigenvalue weighted by atomic mass is 16.5. The van der Waals surface area contributed by atoms with Crippen molar-refractivity contribution in [1.29, 1.82) is 0 Å². The summed E-state index contributed by atoms with van der Waals surface area (Å²) < 4.78 is 5.68. The first-order valence-corrected chi connectivity index (χ1v) is 12.6. The van der Waals surface area contributed by atoms with E-state index in [0.717, 1.165) is 26.2 Å². The third-order valence-electron chi connectivity index (χ3n) is 5.17. The summed E-state index contributed by atoms with van der Waals surface area (Å²) in [6.45, 7) is 4.55. The normalized spacial score (nSPS) is 10.8. The lowest BCUT2D eigenvalue weighted by Gasteiger charge is -2.09. The fourth-order valence-corrected chi connectivity index (χ4v) is 3.34. The average Bonchev–Trinajstić information content (AvgIpc) is 2.72. The summed E-state index contributed by atoms with van der Waals surface area (Å²) in [5, 5.41) is 15.0. The van der Waals surface area contributed by atoms with Crippen LogP contribution in [0.1, 0.15) is 116 Å². The zero-order valence-electron chi connectivity index (χ0n) is 20.5. The van der Waals surface area contributed by atoms with Crippen LogP contribution in [0.15, 0.2) is 0 Å². The Morgan fingerprint density at radius 1 is 0.667 bits per heavy atom. The molecule has 0 aliphatic heterocycles. The molecule has 0 radical (unpaired) electrons. The van der Waals surface area contributed by atoms with Crippen LogP contribution in [0.5, 0.6) is 0 Å². The molecule has 0 aliphatic rings. The molecule has 0 rings (SSSR count). The number of hydrogen-bond acceptors (Lipinski definition) is 4. The molecule has 0 amide bonds. The van der Waals surface area contributed by atoms with Crippen molar-refractivity contribution in [1.82, 2.24) is 4.90 Å². The second kappa shape index (κ2) is 28.4. The van der Waals surface area contributed by atoms with Gasteiger partial charge < -0.3 is 19.8 Å². The van der Waals surface area contributed by atoms with Crippen molar-refractivity contribution in [3.8, 4) is 0 Å². The monoisotopic (exact) mass is 431 g/mol. The summed E-state index contributed by atoms with van der Waals surface area (Å²) in [4.78, 5) is 11.3. The van der Waals surface area contributed by atoms with Gasteiger partial charge in [-0.3, -0.25) is 0 Å². The second-order valence-electron chi connectivity index (χ2n) is 8.62. The van der Waals surface area contributed by atoms with Gasteiger partial charge in [-0.25, -0.2) is 4.79 Å². The van der Waals surface area contributed by atoms with Crippen LogP contribution >= 0.6 is 0 Å². The first-order chi connectivity index (χ1) is 14.5. The zero-order chi connectivity index (χ0) is 22.7. The molecule has 0 saturated heterocycles. The number of ether oxygens (including phenoxy) is 1. The van der Waals surface area contributed by atoms with E-state index in [1.807, 2.05) is 0 Å². The maximum absolute atomic E-state index is 9.12. The van der Waals surface area contributed by atoms with Crippen molar-refractivity contribution in [2.75, 3.05) is 40.5 Å². The Kier molecular flexibility index (Phi) is 29.8. The predicted molar refractivity (Wildman–Crippen MR) is 128 cm³/mol. The Hall–Kier alpha value is -0.650. The summed E-state index contributed by atoms with van der Waals surface area (Å²) >= 11 is 0. The van der Waals surface area contributed by atoms with Crippen molar-refractivity contribution in [2.24, 2.45) is 0 Å². The minimum Gasteiger partial charge on any atom is -0.480 e. The number of aliphatic hydroxyl groups is 1. The van der Waals surface area contributed by atoms with Crippen molar-refractivity contribution in [2.45, 2.75) is 116 Å². The molecule has 0 heterocycles. The average molecular weight is 432 g/mol. The van der Waals surface area contributed by atoms with E-state index >= 15 is 0 Å². The molecule has 0 aliphatic carbocycles. The molecule has 0 spiro atoms. The Morgan fingerprint density at radius 3 is 1.33 bits per heavy atom. The predicted octanol–water partition coefficient (Wildman–Crippen LogP) is 6.28. The lowest BCUT2D eigenvalue weighted by atomic mass is 10.0. The van der Waals surface area contributed by atoms with Gasteiger partial charge in [-0.05, 0) is 33.5 Å². The molecule has 0 aromatic rings. The van der Waals surface area contributed by atoms with Gasteiger partial charge in [0, 0.05) is 13.2 Å². The smallest absolute Gasteiger partial charge is 0.329 e. The molecule has 30 heavy (non-hydrogen) atoms. The Bertz CT molecular complexity index is 324. The topological polar surface area (TPSA) is 70.0 Å². The van der Waals surface area contributed by atoms with Crippen LogP contribution in [0.3, 0.4) is 0 Å². The van der Waals surface area contributed by atoms with E-state index in [2.05, 4.69) is 25.9 Å². The maximum Gasteiger partial charge on any atom is 0.329 e. The molecule has 0 unspecified atom stereocenters. The maximum atomic E-state index is 9.12. The highest BCUT2D eigenvalue weighted by molar-refractivity contribution is 5.67. The molecule has 0 atom stereocenters. The molecule has 2 N–H and O–H groups in total. The number of unbranched alkanes of at least 4 members (excludes halogenated alkanes) is 15. The van der Waals surface area contributed by atoms with Crippen LogP contribution in [-0.4, -0.2) is 61.5 Å². The summed E-state index contributed by atoms with van der Waals surface area (Å²) in [7, 11) is 4.24. The van der Waals surface area contributed by atoms with Crippen LogP contribution in [0.2, 0.25) is 0 Å². The second-order valence-corrected chi connectivity index (χ2v) is 8.62. The molecule has 182 valence electrons. The van der Waals surface area contributed by atoms with Gasteiger partial charge >= 0.3 is 5.97 Å². The van der Waals surface area contributed by atoms with Crippen molar-refractivity contribution < 1.29 is 19.7 Å². The summed E-state index contributed by atoms with van der Waals surface area (Å²) in [6, 6.07) is 0. The number of nitrogens with zero attached hydrogens (tertiary/aromatic N) is 1. The first-order valence-electron chi connectivity index (χ1n) is 12.6. The van der Waals surface area contributed by atoms with E-state index in [9.17, 15) is 0 Å². The van der Waals surface area contributed by atoms with Crippen LogP contribution in [0, 0.1) is 0 Å². The fraction of sp³-hybridized carbons (Fsp3) is 0.960. The SMILES string of the molecule is CCCCCCCCCCCCCCCCCCOCCCN(C)C.O=C(O)CO. The summed E-state index contributed by atoms with van der Waals surface area (Å²) in [5.74, 6) is -1.19. The van der Waals surface area contributed by atoms with Crippen LogP contribution in [0.4, 0.5) is 0 Å². The van der Waals surface area contributed by atoms with Gasteiger partial charge in [0.2, 0.25) is 0 Å². The third-order valence-corrected chi connectivity index (χ3v) is 5.17. The minimum atomic E-state index is -1.19. The molecule has 0 fully saturated rings.